The highest BCUT2D eigenvalue weighted by atomic mass is 79.9. The van der Waals surface area contributed by atoms with Gasteiger partial charge in [-0.3, -0.25) is 9.36 Å². The maximum absolute atomic E-state index is 12.5. The van der Waals surface area contributed by atoms with Gasteiger partial charge in [-0.15, -0.1) is 0 Å². The van der Waals surface area contributed by atoms with E-state index in [0.717, 1.165) is 34.7 Å². The molecule has 0 aliphatic rings. The molecule has 0 atom stereocenters. The highest BCUT2D eigenvalue weighted by molar-refractivity contribution is 9.10. The fraction of sp³-hybridized carbons (Fsp3) is 0.455. The molecule has 0 bridgehead atoms. The predicted molar refractivity (Wildman–Crippen MR) is 66.6 cm³/mol. The quantitative estimate of drug-likeness (QED) is 0.863. The molecular weight excluding hydrogens is 325 g/mol. The molecule has 2 rings (SSSR count). The van der Waals surface area contributed by atoms with E-state index in [4.69, 9.17) is 0 Å². The lowest BCUT2D eigenvalue weighted by atomic mass is 10.3. The molecule has 0 aliphatic heterocycles. The summed E-state index contributed by atoms with van der Waals surface area (Å²) in [6.45, 7) is 2.20. The number of hydrogen-bond acceptors (Lipinski definition) is 2. The summed E-state index contributed by atoms with van der Waals surface area (Å²) in [4.78, 5) is 0. The molecule has 0 spiro atoms. The minimum Gasteiger partial charge on any atom is -0.269 e. The first-order valence-corrected chi connectivity index (χ1v) is 6.42. The van der Waals surface area contributed by atoms with Crippen molar-refractivity contribution in [2.75, 3.05) is 0 Å². The summed E-state index contributed by atoms with van der Waals surface area (Å²) in [5.41, 5.74) is 0.913. The molecule has 2 aromatic rings. The number of halogens is 4. The van der Waals surface area contributed by atoms with E-state index in [1.807, 2.05) is 6.92 Å². The Morgan fingerprint density at radius 2 is 2.05 bits per heavy atom. The van der Waals surface area contributed by atoms with Crippen molar-refractivity contribution in [2.45, 2.75) is 26.1 Å². The van der Waals surface area contributed by atoms with Crippen molar-refractivity contribution in [2.24, 2.45) is 7.05 Å². The van der Waals surface area contributed by atoms with Crippen molar-refractivity contribution >= 4 is 15.9 Å². The number of aromatic nitrogens is 4. The van der Waals surface area contributed by atoms with Crippen LogP contribution >= 0.6 is 15.9 Å². The van der Waals surface area contributed by atoms with Crippen LogP contribution in [0.3, 0.4) is 0 Å². The molecule has 0 saturated heterocycles. The Bertz CT molecular complexity index is 585. The SMILES string of the molecule is CCc1nn(C)c(Cn2cc(C(F)(F)F)cn2)c1Br. The van der Waals surface area contributed by atoms with Crippen LogP contribution in [0.15, 0.2) is 16.9 Å². The van der Waals surface area contributed by atoms with E-state index >= 15 is 0 Å². The van der Waals surface area contributed by atoms with Crippen LogP contribution in [0.1, 0.15) is 23.9 Å². The molecule has 2 aromatic heterocycles. The first kappa shape index (κ1) is 14.1. The van der Waals surface area contributed by atoms with E-state index in [1.165, 1.54) is 4.68 Å². The molecular formula is C11H12BrF3N4. The summed E-state index contributed by atoms with van der Waals surface area (Å²) >= 11 is 3.42. The van der Waals surface area contributed by atoms with Crippen LogP contribution in [0.5, 0.6) is 0 Å². The number of alkyl halides is 3. The van der Waals surface area contributed by atoms with Gasteiger partial charge < -0.3 is 0 Å². The Labute approximate surface area is 116 Å². The topological polar surface area (TPSA) is 35.6 Å². The highest BCUT2D eigenvalue weighted by Crippen LogP contribution is 2.29. The van der Waals surface area contributed by atoms with Crippen LogP contribution in [-0.2, 0) is 26.2 Å². The Morgan fingerprint density at radius 1 is 1.37 bits per heavy atom. The number of aryl methyl sites for hydroxylation is 2. The van der Waals surface area contributed by atoms with Crippen molar-refractivity contribution in [1.82, 2.24) is 19.6 Å². The number of hydrogen-bond donors (Lipinski definition) is 0. The molecule has 2 heterocycles. The van der Waals surface area contributed by atoms with Gasteiger partial charge in [0, 0.05) is 13.2 Å². The zero-order valence-electron chi connectivity index (χ0n) is 10.4. The maximum atomic E-state index is 12.5. The van der Waals surface area contributed by atoms with Crippen molar-refractivity contribution in [3.63, 3.8) is 0 Å². The molecule has 4 nitrogen and oxygen atoms in total. The zero-order valence-corrected chi connectivity index (χ0v) is 12.0. The van der Waals surface area contributed by atoms with Gasteiger partial charge in [0.2, 0.25) is 0 Å². The standard InChI is InChI=1S/C11H12BrF3N4/c1-3-8-10(12)9(18(2)17-8)6-19-5-7(4-16-19)11(13,14)15/h4-5H,3,6H2,1-2H3. The van der Waals surface area contributed by atoms with Crippen LogP contribution in [0.4, 0.5) is 13.2 Å². The summed E-state index contributed by atoms with van der Waals surface area (Å²) in [5.74, 6) is 0. The second-order valence-corrected chi connectivity index (χ2v) is 4.90. The predicted octanol–water partition coefficient (Wildman–Crippen LogP) is 3.01. The average Bonchev–Trinajstić information content (AvgIpc) is 2.88. The van der Waals surface area contributed by atoms with Gasteiger partial charge in [0.25, 0.3) is 0 Å². The first-order valence-electron chi connectivity index (χ1n) is 5.62. The summed E-state index contributed by atoms with van der Waals surface area (Å²) in [7, 11) is 1.76. The maximum Gasteiger partial charge on any atom is 0.419 e. The smallest absolute Gasteiger partial charge is 0.269 e. The van der Waals surface area contributed by atoms with Crippen LogP contribution in [-0.4, -0.2) is 19.6 Å². The third-order valence-electron chi connectivity index (χ3n) is 2.78. The van der Waals surface area contributed by atoms with E-state index < -0.39 is 11.7 Å². The van der Waals surface area contributed by atoms with Crippen LogP contribution in [0.25, 0.3) is 0 Å². The van der Waals surface area contributed by atoms with Crippen molar-refractivity contribution in [3.05, 3.63) is 33.8 Å². The van der Waals surface area contributed by atoms with Crippen LogP contribution in [0.2, 0.25) is 0 Å². The lowest BCUT2D eigenvalue weighted by Gasteiger charge is -2.04. The lowest BCUT2D eigenvalue weighted by Crippen LogP contribution is -2.07. The van der Waals surface area contributed by atoms with Crippen molar-refractivity contribution < 1.29 is 13.2 Å². The van der Waals surface area contributed by atoms with Crippen LogP contribution in [0, 0.1) is 0 Å². The average molecular weight is 337 g/mol. The Morgan fingerprint density at radius 3 is 2.53 bits per heavy atom. The molecule has 19 heavy (non-hydrogen) atoms. The largest absolute Gasteiger partial charge is 0.419 e. The number of rotatable bonds is 3. The van der Waals surface area contributed by atoms with Gasteiger partial charge in [-0.1, -0.05) is 6.92 Å². The minimum absolute atomic E-state index is 0.236. The molecule has 0 fully saturated rings. The molecule has 8 heteroatoms. The van der Waals surface area contributed by atoms with Crippen LogP contribution < -0.4 is 0 Å². The Balaban J connectivity index is 2.27. The Kier molecular flexibility index (Phi) is 3.71. The van der Waals surface area contributed by atoms with Gasteiger partial charge in [0.05, 0.1) is 34.2 Å². The molecule has 0 amide bonds. The van der Waals surface area contributed by atoms with Gasteiger partial charge >= 0.3 is 6.18 Å². The van der Waals surface area contributed by atoms with E-state index in [0.29, 0.717) is 0 Å². The molecule has 0 aliphatic carbocycles. The second kappa shape index (κ2) is 4.99. The van der Waals surface area contributed by atoms with Crippen molar-refractivity contribution in [1.29, 1.82) is 0 Å². The lowest BCUT2D eigenvalue weighted by molar-refractivity contribution is -0.137. The molecule has 0 saturated carbocycles. The third-order valence-corrected chi connectivity index (χ3v) is 3.69. The summed E-state index contributed by atoms with van der Waals surface area (Å²) < 4.78 is 41.2. The Hall–Kier alpha value is -1.31. The van der Waals surface area contributed by atoms with E-state index in [-0.39, 0.29) is 6.54 Å². The fourth-order valence-corrected chi connectivity index (χ4v) is 2.48. The number of nitrogens with zero attached hydrogens (tertiary/aromatic N) is 4. The summed E-state index contributed by atoms with van der Waals surface area (Å²) in [6.07, 6.45) is -1.80. The van der Waals surface area contributed by atoms with Crippen molar-refractivity contribution in [3.8, 4) is 0 Å². The van der Waals surface area contributed by atoms with Gasteiger partial charge in [-0.2, -0.15) is 23.4 Å². The van der Waals surface area contributed by atoms with E-state index in [9.17, 15) is 13.2 Å². The van der Waals surface area contributed by atoms with Gasteiger partial charge in [0.15, 0.2) is 0 Å². The van der Waals surface area contributed by atoms with Gasteiger partial charge in [-0.05, 0) is 22.4 Å². The normalized spacial score (nSPS) is 12.1. The monoisotopic (exact) mass is 336 g/mol. The summed E-state index contributed by atoms with van der Waals surface area (Å²) in [5, 5.41) is 8.02. The molecule has 104 valence electrons. The van der Waals surface area contributed by atoms with Gasteiger partial charge in [-0.25, -0.2) is 0 Å². The van der Waals surface area contributed by atoms with E-state index in [1.54, 1.807) is 11.7 Å². The minimum atomic E-state index is -4.36. The molecule has 0 unspecified atom stereocenters. The molecule has 0 N–H and O–H groups in total. The molecule has 0 radical (unpaired) electrons. The van der Waals surface area contributed by atoms with Gasteiger partial charge in [0.1, 0.15) is 0 Å². The summed E-state index contributed by atoms with van der Waals surface area (Å²) in [6, 6.07) is 0. The molecule has 0 aromatic carbocycles. The third kappa shape index (κ3) is 2.83. The zero-order chi connectivity index (χ0) is 14.2. The highest BCUT2D eigenvalue weighted by Gasteiger charge is 2.32. The second-order valence-electron chi connectivity index (χ2n) is 4.11. The van der Waals surface area contributed by atoms with E-state index in [2.05, 4.69) is 26.1 Å². The fourth-order valence-electron chi connectivity index (χ4n) is 1.74. The first-order chi connectivity index (χ1) is 8.82.